The van der Waals surface area contributed by atoms with Gasteiger partial charge in [0.05, 0.1) is 51.2 Å². The highest BCUT2D eigenvalue weighted by molar-refractivity contribution is 6.01. The summed E-state index contributed by atoms with van der Waals surface area (Å²) >= 11 is 0. The van der Waals surface area contributed by atoms with Crippen molar-refractivity contribution in [1.29, 1.82) is 0 Å². The lowest BCUT2D eigenvalue weighted by molar-refractivity contribution is -0.147. The summed E-state index contributed by atoms with van der Waals surface area (Å²) in [4.78, 5) is 189. The van der Waals surface area contributed by atoms with Crippen LogP contribution < -0.4 is 68.8 Å². The van der Waals surface area contributed by atoms with Crippen molar-refractivity contribution >= 4 is 92.7 Å². The van der Waals surface area contributed by atoms with Crippen LogP contribution in [0, 0.1) is 11.6 Å². The Morgan fingerprint density at radius 3 is 1.99 bits per heavy atom. The molecule has 7 aromatic rings. The van der Waals surface area contributed by atoms with Gasteiger partial charge in [-0.15, -0.1) is 0 Å². The average Bonchev–Trinajstić information content (AvgIpc) is 1.68. The summed E-state index contributed by atoms with van der Waals surface area (Å²) in [6.45, 7) is 3.03. The standard InChI is InChI=1S/C76H92F3N17O15/c1-40-67(101)90-58(28-44-35-84-54-19-13-46(77)30-52(44)54)69(103)91-61(29-45-36-85-55-20-14-47(78)31-53(45)55)73(107)95-38-48(79)32-62(95)71(105)94-65(41(2)97)72(106)92-60(27-43-9-15-50(110-4)16-10-43)74(108)96-24-7-21-76(96,3)75(109)93-57(66(81)100)26-42-11-17-51(18-12-42)111-25-23-83-63(98)34-59(88-64(99)33-49-37-82-39-86-49)70(104)89-56(68(102)87-40)8-5-6-22-80/h9-20,30-31,35-37,39-41,48,56-62,65,84-85,97H,5-8,21-29,32-34,38,80H2,1-4H3,(H2,81,100)(H,82,86)(H,83,98)(H,87,102)(H,88,99)(H,89,104)(H,90,101)(H,91,103)(H,92,106)(H,93,109)(H,94,105)/t40-,41-,48+,56+,57+,58+,59+,60+,61+,62+,65+,76+/m1/s1. The molecule has 3 aromatic heterocycles. The molecule has 0 aliphatic carbocycles. The number of nitrogens with one attached hydrogen (secondary N) is 12. The van der Waals surface area contributed by atoms with E-state index in [1.165, 1.54) is 81.1 Å². The lowest BCUT2D eigenvalue weighted by atomic mass is 9.94. The molecule has 592 valence electrons. The van der Waals surface area contributed by atoms with Crippen LogP contribution in [-0.2, 0) is 89.6 Å². The summed E-state index contributed by atoms with van der Waals surface area (Å²) in [5.74, 6) is -12.0. The highest BCUT2D eigenvalue weighted by atomic mass is 19.1. The van der Waals surface area contributed by atoms with E-state index in [-0.39, 0.29) is 93.1 Å². The number of rotatable bonds is 16. The van der Waals surface area contributed by atoms with Crippen molar-refractivity contribution in [2.24, 2.45) is 11.5 Å². The first-order valence-corrected chi connectivity index (χ1v) is 36.5. The van der Waals surface area contributed by atoms with Gasteiger partial charge in [0.2, 0.25) is 70.9 Å². The second kappa shape index (κ2) is 37.0. The number of nitrogens with zero attached hydrogens (tertiary/aromatic N) is 3. The molecule has 17 N–H and O–H groups in total. The van der Waals surface area contributed by atoms with Gasteiger partial charge < -0.3 is 98.7 Å². The number of methoxy groups -OCH3 is 1. The van der Waals surface area contributed by atoms with E-state index in [0.717, 1.165) is 17.9 Å². The summed E-state index contributed by atoms with van der Waals surface area (Å²) in [7, 11) is 1.44. The Kier molecular flexibility index (Phi) is 27.2. The summed E-state index contributed by atoms with van der Waals surface area (Å²) in [6, 6.07) is 5.57. The second-order valence-electron chi connectivity index (χ2n) is 28.2. The molecule has 12 amide bonds. The van der Waals surface area contributed by atoms with E-state index < -0.39 is 187 Å². The van der Waals surface area contributed by atoms with Gasteiger partial charge in [-0.3, -0.25) is 57.5 Å². The zero-order valence-corrected chi connectivity index (χ0v) is 61.6. The number of carbonyl (C=O) groups is 12. The maximum Gasteiger partial charge on any atom is 0.246 e. The smallest absolute Gasteiger partial charge is 0.246 e. The lowest BCUT2D eigenvalue weighted by Gasteiger charge is -2.37. The van der Waals surface area contributed by atoms with Crippen molar-refractivity contribution in [3.05, 3.63) is 149 Å². The molecule has 2 saturated heterocycles. The minimum absolute atomic E-state index is 0.0194. The molecule has 7 heterocycles. The van der Waals surface area contributed by atoms with E-state index in [9.17, 15) is 48.3 Å². The Morgan fingerprint density at radius 2 is 1.36 bits per heavy atom. The van der Waals surface area contributed by atoms with Crippen molar-refractivity contribution in [1.82, 2.24) is 77.6 Å². The largest absolute Gasteiger partial charge is 0.497 e. The van der Waals surface area contributed by atoms with E-state index in [2.05, 4.69) is 67.8 Å². The average molecular weight is 1540 g/mol. The number of imidazole rings is 1. The van der Waals surface area contributed by atoms with E-state index in [4.69, 9.17) is 20.9 Å². The summed E-state index contributed by atoms with van der Waals surface area (Å²) in [5, 5.41) is 35.4. The molecule has 2 bridgehead atoms. The first-order chi connectivity index (χ1) is 53.1. The molecule has 35 heteroatoms. The van der Waals surface area contributed by atoms with Crippen molar-refractivity contribution in [2.75, 3.05) is 39.9 Å². The number of hydrogen-bond donors (Lipinski definition) is 15. The number of aromatic nitrogens is 4. The molecule has 12 atom stereocenters. The van der Waals surface area contributed by atoms with E-state index in [1.807, 2.05) is 0 Å². The van der Waals surface area contributed by atoms with Gasteiger partial charge in [-0.05, 0) is 142 Å². The number of amides is 12. The van der Waals surface area contributed by atoms with E-state index in [0.29, 0.717) is 45.8 Å². The number of aromatic amines is 3. The van der Waals surface area contributed by atoms with Crippen molar-refractivity contribution in [3.8, 4) is 11.5 Å². The zero-order chi connectivity index (χ0) is 79.8. The molecule has 2 fully saturated rings. The van der Waals surface area contributed by atoms with Gasteiger partial charge in [0.15, 0.2) is 0 Å². The number of halogens is 3. The zero-order valence-electron chi connectivity index (χ0n) is 61.6. The molecule has 0 spiro atoms. The Hall–Kier alpha value is -11.9. The van der Waals surface area contributed by atoms with Crippen molar-refractivity contribution in [3.63, 3.8) is 0 Å². The third-order valence-corrected chi connectivity index (χ3v) is 20.0. The van der Waals surface area contributed by atoms with Crippen LogP contribution in [0.3, 0.4) is 0 Å². The number of H-pyrrole nitrogens is 3. The molecule has 11 rings (SSSR count). The summed E-state index contributed by atoms with van der Waals surface area (Å²) in [6.07, 6.45) is -0.133. The molecular weight excluding hydrogens is 1450 g/mol. The fourth-order valence-corrected chi connectivity index (χ4v) is 13.9. The number of carbonyl (C=O) groups excluding carboxylic acids is 12. The number of aliphatic hydroxyl groups excluding tert-OH is 1. The molecule has 111 heavy (non-hydrogen) atoms. The first-order valence-electron chi connectivity index (χ1n) is 36.5. The first kappa shape index (κ1) is 81.6. The van der Waals surface area contributed by atoms with Gasteiger partial charge in [-0.25, -0.2) is 18.2 Å². The topological polar surface area (TPSA) is 471 Å². The number of alkyl halides is 1. The molecule has 4 aromatic carbocycles. The normalized spacial score (nSPS) is 24.6. The molecule has 0 saturated carbocycles. The minimum atomic E-state index is -1.93. The third kappa shape index (κ3) is 20.9. The van der Waals surface area contributed by atoms with Crippen LogP contribution in [0.5, 0.6) is 11.5 Å². The van der Waals surface area contributed by atoms with Gasteiger partial charge in [0.25, 0.3) is 0 Å². The fraction of sp³-hybridized carbons (Fsp3) is 0.434. The lowest BCUT2D eigenvalue weighted by Crippen LogP contribution is -2.64. The predicted molar refractivity (Wildman–Crippen MR) is 395 cm³/mol. The molecular formula is C76H92F3N17O15. The van der Waals surface area contributed by atoms with E-state index in [1.54, 1.807) is 48.5 Å². The maximum absolute atomic E-state index is 16.3. The van der Waals surface area contributed by atoms with Crippen LogP contribution in [0.2, 0.25) is 0 Å². The van der Waals surface area contributed by atoms with Crippen LogP contribution in [0.15, 0.2) is 110 Å². The molecule has 4 aliphatic heterocycles. The van der Waals surface area contributed by atoms with E-state index >= 15 is 27.6 Å². The van der Waals surface area contributed by atoms with Gasteiger partial charge >= 0.3 is 0 Å². The van der Waals surface area contributed by atoms with Crippen molar-refractivity contribution in [2.45, 2.75) is 170 Å². The molecule has 0 unspecified atom stereocenters. The third-order valence-electron chi connectivity index (χ3n) is 20.0. The van der Waals surface area contributed by atoms with Crippen LogP contribution in [0.4, 0.5) is 13.2 Å². The Morgan fingerprint density at radius 1 is 0.730 bits per heavy atom. The summed E-state index contributed by atoms with van der Waals surface area (Å²) in [5.41, 5.74) is 12.7. The number of benzene rings is 4. The van der Waals surface area contributed by atoms with Crippen LogP contribution >= 0.6 is 0 Å². The molecule has 32 nitrogen and oxygen atoms in total. The van der Waals surface area contributed by atoms with Gasteiger partial charge in [0, 0.05) is 79.0 Å². The second-order valence-corrected chi connectivity index (χ2v) is 28.2. The SMILES string of the molecule is COc1ccc(C[C@@H]2NC(=O)[C@H]([C@@H](C)O)NC(=O)[C@@H]3C[C@H](F)CN3C(=O)[C@H](Cc3c[nH]c4ccc(F)cc34)NC(=O)[C@H](Cc3c[nH]c4ccc(F)cc34)NC(=O)[C@@H](C)NC(=O)[C@H](CCCCN)NC(=O)[C@@H](NC(=O)Cc3c[nH]cn3)CC(=O)NCCOc3ccc(cc3)C[C@@H](C(N)=O)NC(=O)[C@]3(C)CCCN3C2=O)cc1. The number of ether oxygens (including phenoxy) is 2. The number of fused-ring (bicyclic) bond motifs is 32. The fourth-order valence-electron chi connectivity index (χ4n) is 13.9. The highest BCUT2D eigenvalue weighted by Crippen LogP contribution is 2.32. The monoisotopic (exact) mass is 1540 g/mol. The number of nitrogens with two attached hydrogens (primary N) is 2. The predicted octanol–water partition coefficient (Wildman–Crippen LogP) is 0.285. The number of aliphatic hydroxyl groups is 1. The quantitative estimate of drug-likeness (QED) is 0.0456. The number of primary amides is 1. The van der Waals surface area contributed by atoms with Crippen LogP contribution in [0.1, 0.15) is 93.7 Å². The highest BCUT2D eigenvalue weighted by Gasteiger charge is 2.50. The molecule has 4 aliphatic rings. The minimum Gasteiger partial charge on any atom is -0.497 e. The van der Waals surface area contributed by atoms with Crippen molar-refractivity contribution < 1.29 is 85.3 Å². The molecule has 0 radical (unpaired) electrons. The summed E-state index contributed by atoms with van der Waals surface area (Å²) < 4.78 is 57.6. The van der Waals surface area contributed by atoms with Gasteiger partial charge in [-0.1, -0.05) is 24.3 Å². The Balaban J connectivity index is 0.994. The van der Waals surface area contributed by atoms with Gasteiger partial charge in [0.1, 0.15) is 95.8 Å². The number of hydrogen-bond acceptors (Lipinski definition) is 17. The van der Waals surface area contributed by atoms with Crippen LogP contribution in [-0.4, -0.2) is 218 Å². The van der Waals surface area contributed by atoms with Gasteiger partial charge in [-0.2, -0.15) is 0 Å². The Bertz CT molecular complexity index is 4540. The number of unbranched alkanes of at least 4 members (excludes halogenated alkanes) is 1. The van der Waals surface area contributed by atoms with Crippen LogP contribution in [0.25, 0.3) is 21.8 Å². The Labute approximate surface area is 635 Å². The maximum atomic E-state index is 16.3.